The van der Waals surface area contributed by atoms with Crippen LogP contribution in [0.2, 0.25) is 0 Å². The molecule has 1 unspecified atom stereocenters. The molecule has 0 aliphatic carbocycles. The third-order valence-corrected chi connectivity index (χ3v) is 4.30. The molecule has 0 amide bonds. The molecule has 0 radical (unpaired) electrons. The van der Waals surface area contributed by atoms with E-state index in [0.717, 1.165) is 27.8 Å². The normalized spacial score (nSPS) is 12.2. The van der Waals surface area contributed by atoms with E-state index in [-0.39, 0.29) is 18.8 Å². The van der Waals surface area contributed by atoms with Crippen LogP contribution in [0.4, 0.5) is 4.39 Å². The van der Waals surface area contributed by atoms with Crippen LogP contribution in [0, 0.1) is 26.6 Å². The van der Waals surface area contributed by atoms with Gasteiger partial charge in [-0.05, 0) is 67.1 Å². The molecular formula is C21H25FO4. The Kier molecular flexibility index (Phi) is 6.89. The predicted molar refractivity (Wildman–Crippen MR) is 98.8 cm³/mol. The Labute approximate surface area is 153 Å². The highest BCUT2D eigenvalue weighted by molar-refractivity contribution is 5.70. The quantitative estimate of drug-likeness (QED) is 0.703. The van der Waals surface area contributed by atoms with Crippen molar-refractivity contribution in [1.82, 2.24) is 0 Å². The van der Waals surface area contributed by atoms with Crippen molar-refractivity contribution < 1.29 is 24.1 Å². The average molecular weight is 360 g/mol. The molecule has 0 fully saturated rings. The number of carboxylic acids is 1. The number of carboxylic acid groups (broad SMARTS) is 1. The number of aryl methyl sites for hydroxylation is 3. The van der Waals surface area contributed by atoms with Crippen LogP contribution in [0.25, 0.3) is 11.1 Å². The first-order chi connectivity index (χ1) is 12.3. The fourth-order valence-electron chi connectivity index (χ4n) is 3.05. The zero-order valence-corrected chi connectivity index (χ0v) is 15.4. The molecule has 26 heavy (non-hydrogen) atoms. The zero-order valence-electron chi connectivity index (χ0n) is 15.4. The summed E-state index contributed by atoms with van der Waals surface area (Å²) in [6.45, 7) is 6.15. The van der Waals surface area contributed by atoms with Gasteiger partial charge in [0.05, 0.1) is 25.7 Å². The maximum absolute atomic E-state index is 13.6. The summed E-state index contributed by atoms with van der Waals surface area (Å²) in [6, 6.07) is 9.26. The Morgan fingerprint density at radius 1 is 1.15 bits per heavy atom. The van der Waals surface area contributed by atoms with Gasteiger partial charge in [0, 0.05) is 0 Å². The Morgan fingerprint density at radius 2 is 1.88 bits per heavy atom. The van der Waals surface area contributed by atoms with Crippen LogP contribution in [-0.2, 0) is 16.0 Å². The Bertz CT molecular complexity index is 786. The van der Waals surface area contributed by atoms with E-state index in [0.29, 0.717) is 18.6 Å². The number of aliphatic carboxylic acids is 1. The van der Waals surface area contributed by atoms with Gasteiger partial charge in [-0.1, -0.05) is 23.8 Å². The van der Waals surface area contributed by atoms with Gasteiger partial charge in [-0.2, -0.15) is 0 Å². The average Bonchev–Trinajstić information content (AvgIpc) is 2.54. The molecule has 0 bridgehead atoms. The molecule has 2 rings (SSSR count). The second-order valence-electron chi connectivity index (χ2n) is 6.65. The molecule has 2 aromatic rings. The van der Waals surface area contributed by atoms with Gasteiger partial charge < -0.3 is 14.9 Å². The van der Waals surface area contributed by atoms with Crippen LogP contribution in [0.15, 0.2) is 30.3 Å². The molecule has 0 spiro atoms. The molecule has 0 saturated carbocycles. The highest BCUT2D eigenvalue weighted by Crippen LogP contribution is 2.29. The third-order valence-electron chi connectivity index (χ3n) is 4.30. The molecule has 0 heterocycles. The summed E-state index contributed by atoms with van der Waals surface area (Å²) in [6.07, 6.45) is -0.716. The smallest absolute Gasteiger partial charge is 0.306 e. The lowest BCUT2D eigenvalue weighted by molar-refractivity contribution is -0.140. The van der Waals surface area contributed by atoms with Gasteiger partial charge in [0.25, 0.3) is 0 Å². The number of benzene rings is 2. The number of hydrogen-bond donors (Lipinski definition) is 2. The van der Waals surface area contributed by atoms with Crippen LogP contribution in [0.5, 0.6) is 0 Å². The molecule has 1 atom stereocenters. The maximum atomic E-state index is 13.6. The first-order valence-electron chi connectivity index (χ1n) is 8.62. The van der Waals surface area contributed by atoms with Gasteiger partial charge >= 0.3 is 5.97 Å². The molecule has 0 aliphatic heterocycles. The summed E-state index contributed by atoms with van der Waals surface area (Å²) >= 11 is 0. The highest BCUT2D eigenvalue weighted by atomic mass is 19.1. The summed E-state index contributed by atoms with van der Waals surface area (Å²) in [5.41, 5.74) is 5.95. The number of aliphatic hydroxyl groups is 1. The standard InChI is InChI=1S/C21H25FO4/c1-13-8-14(2)18(6-7-26-12-17(23)11-21(24)25)19(9-13)16-4-5-20(22)15(3)10-16/h4-5,8-10,17,23H,6-7,11-12H2,1-3H3,(H,24,25). The van der Waals surface area contributed by atoms with E-state index in [2.05, 4.69) is 12.1 Å². The molecule has 4 nitrogen and oxygen atoms in total. The monoisotopic (exact) mass is 360 g/mol. The molecule has 0 saturated heterocycles. The topological polar surface area (TPSA) is 66.8 Å². The van der Waals surface area contributed by atoms with E-state index >= 15 is 0 Å². The summed E-state index contributed by atoms with van der Waals surface area (Å²) < 4.78 is 19.0. The molecule has 140 valence electrons. The van der Waals surface area contributed by atoms with Crippen LogP contribution in [-0.4, -0.2) is 35.5 Å². The van der Waals surface area contributed by atoms with Crippen LogP contribution in [0.1, 0.15) is 28.7 Å². The Balaban J connectivity index is 2.15. The van der Waals surface area contributed by atoms with E-state index in [4.69, 9.17) is 9.84 Å². The van der Waals surface area contributed by atoms with E-state index in [9.17, 15) is 14.3 Å². The number of ether oxygens (including phenoxy) is 1. The lowest BCUT2D eigenvalue weighted by Gasteiger charge is -2.16. The molecule has 5 heteroatoms. The zero-order chi connectivity index (χ0) is 19.3. The summed E-state index contributed by atoms with van der Waals surface area (Å²) in [4.78, 5) is 10.6. The van der Waals surface area contributed by atoms with Gasteiger partial charge in [0.2, 0.25) is 0 Å². The highest BCUT2D eigenvalue weighted by Gasteiger charge is 2.12. The van der Waals surface area contributed by atoms with Crippen molar-refractivity contribution >= 4 is 5.97 Å². The minimum absolute atomic E-state index is 0.0117. The number of carbonyl (C=O) groups is 1. The molecular weight excluding hydrogens is 335 g/mol. The van der Waals surface area contributed by atoms with Crippen molar-refractivity contribution in [2.24, 2.45) is 0 Å². The Hall–Kier alpha value is -2.24. The fraction of sp³-hybridized carbons (Fsp3) is 0.381. The van der Waals surface area contributed by atoms with Crippen molar-refractivity contribution in [3.63, 3.8) is 0 Å². The lowest BCUT2D eigenvalue weighted by atomic mass is 9.91. The van der Waals surface area contributed by atoms with Crippen molar-refractivity contribution in [2.75, 3.05) is 13.2 Å². The largest absolute Gasteiger partial charge is 0.481 e. The van der Waals surface area contributed by atoms with Gasteiger partial charge in [-0.25, -0.2) is 4.39 Å². The lowest BCUT2D eigenvalue weighted by Crippen LogP contribution is -2.20. The molecule has 2 N–H and O–H groups in total. The third kappa shape index (κ3) is 5.38. The van der Waals surface area contributed by atoms with Crippen LogP contribution < -0.4 is 0 Å². The summed E-state index contributed by atoms with van der Waals surface area (Å²) in [5.74, 6) is -1.28. The van der Waals surface area contributed by atoms with Gasteiger partial charge in [-0.15, -0.1) is 0 Å². The van der Waals surface area contributed by atoms with Crippen molar-refractivity contribution in [2.45, 2.75) is 39.7 Å². The summed E-state index contributed by atoms with van der Waals surface area (Å²) in [7, 11) is 0. The SMILES string of the molecule is Cc1cc(C)c(CCOCC(O)CC(=O)O)c(-c2ccc(F)c(C)c2)c1. The van der Waals surface area contributed by atoms with E-state index in [1.54, 1.807) is 13.0 Å². The molecule has 0 aromatic heterocycles. The summed E-state index contributed by atoms with van der Waals surface area (Å²) in [5, 5.41) is 18.2. The van der Waals surface area contributed by atoms with Gasteiger partial charge in [-0.3, -0.25) is 4.79 Å². The predicted octanol–water partition coefficient (Wildman–Crippen LogP) is 3.81. The number of hydrogen-bond acceptors (Lipinski definition) is 3. The van der Waals surface area contributed by atoms with Crippen LogP contribution in [0.3, 0.4) is 0 Å². The van der Waals surface area contributed by atoms with E-state index in [1.165, 1.54) is 6.07 Å². The molecule has 0 aliphatic rings. The fourth-order valence-corrected chi connectivity index (χ4v) is 3.05. The number of aliphatic hydroxyl groups excluding tert-OH is 1. The molecule has 2 aromatic carbocycles. The first kappa shape index (κ1) is 20.1. The maximum Gasteiger partial charge on any atom is 0.306 e. The first-order valence-corrected chi connectivity index (χ1v) is 8.62. The second kappa shape index (κ2) is 8.92. The minimum Gasteiger partial charge on any atom is -0.481 e. The van der Waals surface area contributed by atoms with Crippen molar-refractivity contribution in [1.29, 1.82) is 0 Å². The van der Waals surface area contributed by atoms with Gasteiger partial charge in [0.15, 0.2) is 0 Å². The van der Waals surface area contributed by atoms with E-state index < -0.39 is 12.1 Å². The number of halogens is 1. The van der Waals surface area contributed by atoms with Gasteiger partial charge in [0.1, 0.15) is 5.82 Å². The van der Waals surface area contributed by atoms with E-state index in [1.807, 2.05) is 19.9 Å². The minimum atomic E-state index is -1.05. The van der Waals surface area contributed by atoms with Crippen molar-refractivity contribution in [3.05, 3.63) is 58.4 Å². The Morgan fingerprint density at radius 3 is 2.54 bits per heavy atom. The second-order valence-corrected chi connectivity index (χ2v) is 6.65. The van der Waals surface area contributed by atoms with Crippen molar-refractivity contribution in [3.8, 4) is 11.1 Å². The van der Waals surface area contributed by atoms with Crippen LogP contribution >= 0.6 is 0 Å². The number of rotatable bonds is 8.